The van der Waals surface area contributed by atoms with Gasteiger partial charge in [-0.2, -0.15) is 0 Å². The van der Waals surface area contributed by atoms with E-state index < -0.39 is 23.7 Å². The number of benzene rings is 12. The molecule has 2 spiro atoms. The number of pyridine rings is 2. The zero-order valence-corrected chi connectivity index (χ0v) is 60.4. The summed E-state index contributed by atoms with van der Waals surface area (Å²) in [5.74, 6) is 3.84. The number of hydrogen-bond acceptors (Lipinski definition) is 10. The van der Waals surface area contributed by atoms with E-state index in [2.05, 4.69) is 201 Å². The van der Waals surface area contributed by atoms with E-state index in [-0.39, 0.29) is 5.41 Å². The minimum Gasteiger partial charge on any atom is -0.399 e. The fourth-order valence-electron chi connectivity index (χ4n) is 16.6. The van der Waals surface area contributed by atoms with Crippen molar-refractivity contribution in [1.82, 2.24) is 39.9 Å². The van der Waals surface area contributed by atoms with Crippen LogP contribution in [0.5, 0.6) is 0 Å². The van der Waals surface area contributed by atoms with Crippen LogP contribution >= 0.6 is 11.6 Å². The van der Waals surface area contributed by atoms with Gasteiger partial charge in [0.15, 0.2) is 34.9 Å². The fraction of sp³-hybridized carbons (Fsp3) is 0.0833. The smallest absolute Gasteiger partial charge is 0.399 e. The summed E-state index contributed by atoms with van der Waals surface area (Å²) >= 11 is 6.47. The second-order valence-electron chi connectivity index (χ2n) is 28.8. The molecule has 16 aromatic rings. The first-order valence-electron chi connectivity index (χ1n) is 36.5. The summed E-state index contributed by atoms with van der Waals surface area (Å²) in [6.07, 6.45) is 7.85. The second-order valence-corrected chi connectivity index (χ2v) is 29.3. The zero-order chi connectivity index (χ0) is 72.7. The van der Waals surface area contributed by atoms with Crippen molar-refractivity contribution in [1.29, 1.82) is 0 Å². The Morgan fingerprint density at radius 1 is 0.250 bits per heavy atom. The number of halogens is 1. The van der Waals surface area contributed by atoms with Gasteiger partial charge in [0.25, 0.3) is 0 Å². The van der Waals surface area contributed by atoms with Crippen molar-refractivity contribution in [2.75, 3.05) is 0 Å². The summed E-state index contributed by atoms with van der Waals surface area (Å²) in [4.78, 5) is 38.3. The van der Waals surface area contributed by atoms with Crippen molar-refractivity contribution in [2.45, 2.75) is 49.7 Å². The van der Waals surface area contributed by atoms with Crippen LogP contribution in [0.4, 0.5) is 0 Å². The number of rotatable bonds is 8. The molecular formula is C96H68BClN8O2. The molecule has 1 saturated heterocycles. The lowest BCUT2D eigenvalue weighted by Crippen LogP contribution is -2.41. The Morgan fingerprint density at radius 2 is 0.556 bits per heavy atom. The zero-order valence-electron chi connectivity index (χ0n) is 59.7. The third-order valence-corrected chi connectivity index (χ3v) is 22.5. The molecule has 21 rings (SSSR count). The minimum absolute atomic E-state index is 0.314. The largest absolute Gasteiger partial charge is 0.494 e. The Balaban J connectivity index is 0.000000117. The van der Waals surface area contributed by atoms with Gasteiger partial charge in [0.1, 0.15) is 0 Å². The predicted molar refractivity (Wildman–Crippen MR) is 433 cm³/mol. The van der Waals surface area contributed by atoms with Gasteiger partial charge in [-0.05, 0) is 159 Å². The van der Waals surface area contributed by atoms with Gasteiger partial charge < -0.3 is 9.31 Å². The summed E-state index contributed by atoms with van der Waals surface area (Å²) < 4.78 is 12.5. The highest BCUT2D eigenvalue weighted by atomic mass is 35.5. The van der Waals surface area contributed by atoms with Crippen LogP contribution in [0.1, 0.15) is 72.2 Å². The fourth-order valence-corrected chi connectivity index (χ4v) is 16.8. The van der Waals surface area contributed by atoms with E-state index in [9.17, 15) is 0 Å². The van der Waals surface area contributed by atoms with E-state index in [4.69, 9.17) is 50.8 Å². The lowest BCUT2D eigenvalue weighted by Gasteiger charge is -2.32. The molecule has 0 amide bonds. The molecule has 0 N–H and O–H groups in total. The molecule has 4 aromatic heterocycles. The van der Waals surface area contributed by atoms with E-state index in [0.29, 0.717) is 34.9 Å². The molecule has 12 aromatic carbocycles. The monoisotopic (exact) mass is 1410 g/mol. The Labute approximate surface area is 632 Å². The first-order chi connectivity index (χ1) is 52.9. The van der Waals surface area contributed by atoms with Gasteiger partial charge >= 0.3 is 7.12 Å². The molecule has 514 valence electrons. The SMILES string of the molecule is CC1(C)OB(c2cccc(-c3nc(-c4ccccc4)nc(-c4ccccc4)n3)c2)OC1(C)C.Clc1ccc2c(c1)C1(c3ccccc3-c3ccccc31)c1ccncc1-2.c1ccc(-c2nc(-c3ccccc3)nc(-c3cccc(-c4ccc5c(c4)C4(c6ccccc6-c6ccccc64)c4ccncc4-5)c3)n2)cc1. The molecule has 4 aliphatic carbocycles. The average Bonchev–Trinajstić information content (AvgIpc) is 1.52. The minimum atomic E-state index is -0.445. The average molecular weight is 1410 g/mol. The van der Waals surface area contributed by atoms with Crippen LogP contribution < -0.4 is 5.46 Å². The third kappa shape index (κ3) is 10.9. The van der Waals surface area contributed by atoms with E-state index in [1.807, 2.05) is 176 Å². The summed E-state index contributed by atoms with van der Waals surface area (Å²) in [7, 11) is -0.445. The molecule has 0 radical (unpaired) electrons. The van der Waals surface area contributed by atoms with Crippen molar-refractivity contribution < 1.29 is 9.31 Å². The standard InChI is InChI=1S/C45H28N4.C27H26BN3O2.C24H14ClN/c1-3-12-29(13-4-1)42-47-43(30-14-5-2-6-15-30)49-44(48-42)33-17-11-16-31(26-33)32-22-23-36-37-28-46-25-24-40(37)45(41(36)27-32)38-20-9-7-18-34(38)35-19-8-10-21-39(35)45;1-26(2)27(3,4)33-28(32-26)22-17-11-16-21(18-22)25-30-23(19-12-7-5-8-13-19)29-24(31-25)20-14-9-6-10-15-20;25-15-9-10-18-19-14-26-12-11-22(19)24(23(18)13-15)20-7-3-1-5-16(20)17-6-2-4-8-21(17)24/h1-28H;5-18H,1-4H3;1-14H. The summed E-state index contributed by atoms with van der Waals surface area (Å²) in [6.45, 7) is 8.23. The topological polar surface area (TPSA) is 122 Å². The Morgan fingerprint density at radius 3 is 0.972 bits per heavy atom. The van der Waals surface area contributed by atoms with Crippen LogP contribution in [0.25, 0.3) is 124 Å². The lowest BCUT2D eigenvalue weighted by atomic mass is 9.70. The number of nitrogens with zero attached hydrogens (tertiary/aromatic N) is 8. The van der Waals surface area contributed by atoms with E-state index in [1.54, 1.807) is 0 Å². The van der Waals surface area contributed by atoms with Crippen LogP contribution in [0.2, 0.25) is 5.02 Å². The van der Waals surface area contributed by atoms with Gasteiger partial charge in [0.2, 0.25) is 0 Å². The summed E-state index contributed by atoms with van der Waals surface area (Å²) in [6, 6.07) is 110. The molecule has 0 atom stereocenters. The van der Waals surface area contributed by atoms with Crippen molar-refractivity contribution in [3.8, 4) is 124 Å². The second kappa shape index (κ2) is 26.4. The highest BCUT2D eigenvalue weighted by molar-refractivity contribution is 6.62. The first-order valence-corrected chi connectivity index (χ1v) is 36.8. The van der Waals surface area contributed by atoms with Gasteiger partial charge in [-0.1, -0.05) is 291 Å². The van der Waals surface area contributed by atoms with Gasteiger partial charge in [0.05, 0.1) is 22.0 Å². The van der Waals surface area contributed by atoms with Crippen molar-refractivity contribution in [2.24, 2.45) is 0 Å². The first kappa shape index (κ1) is 66.0. The normalized spacial score (nSPS) is 14.5. The molecule has 10 nitrogen and oxygen atoms in total. The van der Waals surface area contributed by atoms with E-state index >= 15 is 0 Å². The Hall–Kier alpha value is -12.8. The summed E-state index contributed by atoms with van der Waals surface area (Å²) in [5, 5.41) is 0.769. The Bertz CT molecular complexity index is 5940. The number of fused-ring (bicyclic) bond motifs is 20. The number of hydrogen-bond donors (Lipinski definition) is 0. The molecule has 12 heteroatoms. The highest BCUT2D eigenvalue weighted by Gasteiger charge is 2.54. The maximum absolute atomic E-state index is 6.47. The predicted octanol–water partition coefficient (Wildman–Crippen LogP) is 21.5. The lowest BCUT2D eigenvalue weighted by molar-refractivity contribution is 0.00578. The van der Waals surface area contributed by atoms with Crippen LogP contribution in [-0.4, -0.2) is 58.2 Å². The highest BCUT2D eigenvalue weighted by Crippen LogP contribution is 2.65. The van der Waals surface area contributed by atoms with Crippen molar-refractivity contribution in [3.05, 3.63) is 390 Å². The summed E-state index contributed by atoms with van der Waals surface area (Å²) in [5.41, 5.74) is 27.7. The van der Waals surface area contributed by atoms with E-state index in [1.165, 1.54) is 89.0 Å². The van der Waals surface area contributed by atoms with Gasteiger partial charge in [-0.3, -0.25) is 9.97 Å². The van der Waals surface area contributed by atoms with Crippen LogP contribution in [0, 0.1) is 0 Å². The molecule has 108 heavy (non-hydrogen) atoms. The molecular weight excluding hydrogens is 1340 g/mol. The molecule has 0 unspecified atom stereocenters. The van der Waals surface area contributed by atoms with Crippen LogP contribution in [-0.2, 0) is 20.1 Å². The van der Waals surface area contributed by atoms with Crippen LogP contribution in [0.3, 0.4) is 0 Å². The molecule has 1 aliphatic heterocycles. The molecule has 0 bridgehead atoms. The molecule has 1 fully saturated rings. The third-order valence-electron chi connectivity index (χ3n) is 22.3. The molecule has 5 aliphatic rings. The molecule has 0 saturated carbocycles. The van der Waals surface area contributed by atoms with Crippen molar-refractivity contribution >= 4 is 24.2 Å². The van der Waals surface area contributed by atoms with Gasteiger partial charge in [0, 0.05) is 74.3 Å². The molecule has 5 heterocycles. The van der Waals surface area contributed by atoms with Gasteiger partial charge in [-0.25, -0.2) is 29.9 Å². The Kier molecular flexibility index (Phi) is 16.1. The van der Waals surface area contributed by atoms with E-state index in [0.717, 1.165) is 55.0 Å². The quantitative estimate of drug-likeness (QED) is 0.136. The van der Waals surface area contributed by atoms with Crippen LogP contribution in [0.15, 0.2) is 340 Å². The van der Waals surface area contributed by atoms with Crippen molar-refractivity contribution in [3.63, 3.8) is 0 Å². The maximum atomic E-state index is 6.47. The maximum Gasteiger partial charge on any atom is 0.494 e. The van der Waals surface area contributed by atoms with Gasteiger partial charge in [-0.15, -0.1) is 0 Å². The number of aromatic nitrogens is 8.